The van der Waals surface area contributed by atoms with E-state index in [0.717, 1.165) is 5.69 Å². The summed E-state index contributed by atoms with van der Waals surface area (Å²) in [6.07, 6.45) is 2.31. The number of hydrogen-bond acceptors (Lipinski definition) is 2. The molecule has 0 aliphatic heterocycles. The Labute approximate surface area is 135 Å². The van der Waals surface area contributed by atoms with E-state index in [1.165, 1.54) is 0 Å². The highest BCUT2D eigenvalue weighted by molar-refractivity contribution is 6.20. The van der Waals surface area contributed by atoms with Crippen LogP contribution in [0.1, 0.15) is 44.5 Å². The SMILES string of the molecule is CCc1[nH]cc(C(=O)c2ccccc2)c1C(=O)c1ccccc1. The smallest absolute Gasteiger partial charge is 0.195 e. The molecule has 0 aliphatic carbocycles. The maximum Gasteiger partial charge on any atom is 0.195 e. The zero-order valence-corrected chi connectivity index (χ0v) is 12.9. The fraction of sp³-hybridized carbons (Fsp3) is 0.100. The van der Waals surface area contributed by atoms with Crippen LogP contribution >= 0.6 is 0 Å². The summed E-state index contributed by atoms with van der Waals surface area (Å²) in [5.41, 5.74) is 2.87. The van der Waals surface area contributed by atoms with E-state index in [1.54, 1.807) is 30.5 Å². The Balaban J connectivity index is 2.08. The Kier molecular flexibility index (Phi) is 4.20. The van der Waals surface area contributed by atoms with Crippen molar-refractivity contribution in [2.75, 3.05) is 0 Å². The molecule has 0 saturated heterocycles. The second kappa shape index (κ2) is 6.44. The average Bonchev–Trinajstić information content (AvgIpc) is 3.06. The molecule has 1 heterocycles. The van der Waals surface area contributed by atoms with Crippen molar-refractivity contribution in [2.45, 2.75) is 13.3 Å². The fourth-order valence-corrected chi connectivity index (χ4v) is 2.66. The first kappa shape index (κ1) is 15.0. The highest BCUT2D eigenvalue weighted by Gasteiger charge is 2.23. The van der Waals surface area contributed by atoms with Crippen molar-refractivity contribution < 1.29 is 9.59 Å². The van der Waals surface area contributed by atoms with Crippen LogP contribution in [0.15, 0.2) is 66.9 Å². The first-order valence-electron chi connectivity index (χ1n) is 7.62. The summed E-state index contributed by atoms with van der Waals surface area (Å²) in [7, 11) is 0. The van der Waals surface area contributed by atoms with Gasteiger partial charge in [-0.1, -0.05) is 67.6 Å². The molecule has 114 valence electrons. The van der Waals surface area contributed by atoms with Gasteiger partial charge in [-0.25, -0.2) is 0 Å². The predicted octanol–water partition coefficient (Wildman–Crippen LogP) is 4.04. The first-order valence-corrected chi connectivity index (χ1v) is 7.62. The quantitative estimate of drug-likeness (QED) is 0.723. The lowest BCUT2D eigenvalue weighted by molar-refractivity contribution is 0.100. The third-order valence-electron chi connectivity index (χ3n) is 3.86. The van der Waals surface area contributed by atoms with E-state index in [-0.39, 0.29) is 11.6 Å². The van der Waals surface area contributed by atoms with Crippen LogP contribution in [-0.2, 0) is 6.42 Å². The molecule has 0 atom stereocenters. The Bertz CT molecular complexity index is 833. The number of carbonyl (C=O) groups is 2. The highest BCUT2D eigenvalue weighted by atomic mass is 16.1. The van der Waals surface area contributed by atoms with Gasteiger partial charge in [-0.05, 0) is 6.42 Å². The normalized spacial score (nSPS) is 10.5. The molecule has 3 aromatic rings. The molecule has 3 rings (SSSR count). The van der Waals surface area contributed by atoms with Crippen molar-refractivity contribution in [2.24, 2.45) is 0 Å². The Hall–Kier alpha value is -2.94. The number of hydrogen-bond donors (Lipinski definition) is 1. The number of ketones is 2. The molecule has 0 saturated carbocycles. The van der Waals surface area contributed by atoms with Crippen molar-refractivity contribution in [1.82, 2.24) is 4.98 Å². The summed E-state index contributed by atoms with van der Waals surface area (Å²) in [4.78, 5) is 28.7. The lowest BCUT2D eigenvalue weighted by Gasteiger charge is -2.06. The van der Waals surface area contributed by atoms with Gasteiger partial charge in [0.05, 0.1) is 11.1 Å². The van der Waals surface area contributed by atoms with Gasteiger partial charge in [0.2, 0.25) is 0 Å². The lowest BCUT2D eigenvalue weighted by Crippen LogP contribution is -2.10. The number of carbonyl (C=O) groups excluding carboxylic acids is 2. The third kappa shape index (κ3) is 2.86. The van der Waals surface area contributed by atoms with Crippen molar-refractivity contribution in [3.05, 3.63) is 94.8 Å². The highest BCUT2D eigenvalue weighted by Crippen LogP contribution is 2.22. The van der Waals surface area contributed by atoms with Crippen LogP contribution < -0.4 is 0 Å². The summed E-state index contributed by atoms with van der Waals surface area (Å²) >= 11 is 0. The molecule has 1 N–H and O–H groups in total. The van der Waals surface area contributed by atoms with Crippen molar-refractivity contribution in [3.8, 4) is 0 Å². The molecule has 3 nitrogen and oxygen atoms in total. The molecule has 0 unspecified atom stereocenters. The van der Waals surface area contributed by atoms with E-state index in [0.29, 0.717) is 28.7 Å². The summed E-state index contributed by atoms with van der Waals surface area (Å²) in [5, 5.41) is 0. The van der Waals surface area contributed by atoms with E-state index in [9.17, 15) is 9.59 Å². The molecule has 2 aromatic carbocycles. The number of benzene rings is 2. The maximum absolute atomic E-state index is 12.9. The number of aromatic amines is 1. The van der Waals surface area contributed by atoms with Gasteiger partial charge in [-0.3, -0.25) is 9.59 Å². The van der Waals surface area contributed by atoms with Crippen LogP contribution in [-0.4, -0.2) is 16.6 Å². The van der Waals surface area contributed by atoms with E-state index in [2.05, 4.69) is 4.98 Å². The van der Waals surface area contributed by atoms with Gasteiger partial charge < -0.3 is 4.98 Å². The van der Waals surface area contributed by atoms with Crippen molar-refractivity contribution in [3.63, 3.8) is 0 Å². The number of aryl methyl sites for hydroxylation is 1. The van der Waals surface area contributed by atoms with Gasteiger partial charge in [-0.15, -0.1) is 0 Å². The van der Waals surface area contributed by atoms with Gasteiger partial charge in [0, 0.05) is 23.0 Å². The summed E-state index contributed by atoms with van der Waals surface area (Å²) < 4.78 is 0. The van der Waals surface area contributed by atoms with Crippen LogP contribution in [0.2, 0.25) is 0 Å². The number of aromatic nitrogens is 1. The van der Waals surface area contributed by atoms with Crippen molar-refractivity contribution in [1.29, 1.82) is 0 Å². The molecule has 0 fully saturated rings. The molecule has 3 heteroatoms. The van der Waals surface area contributed by atoms with E-state index < -0.39 is 0 Å². The second-order valence-electron chi connectivity index (χ2n) is 5.30. The fourth-order valence-electron chi connectivity index (χ4n) is 2.66. The minimum absolute atomic E-state index is 0.122. The van der Waals surface area contributed by atoms with Crippen molar-refractivity contribution >= 4 is 11.6 Å². The molecular formula is C20H17NO2. The van der Waals surface area contributed by atoms with Crippen LogP contribution in [0.5, 0.6) is 0 Å². The molecule has 23 heavy (non-hydrogen) atoms. The number of rotatable bonds is 5. The Morgan fingerprint density at radius 2 is 1.35 bits per heavy atom. The summed E-state index contributed by atoms with van der Waals surface area (Å²) in [6, 6.07) is 18.1. The third-order valence-corrected chi connectivity index (χ3v) is 3.86. The van der Waals surface area contributed by atoms with E-state index in [1.807, 2.05) is 43.3 Å². The second-order valence-corrected chi connectivity index (χ2v) is 5.30. The minimum atomic E-state index is -0.138. The average molecular weight is 303 g/mol. The van der Waals surface area contributed by atoms with Gasteiger partial charge in [0.1, 0.15) is 0 Å². The molecule has 0 radical (unpaired) electrons. The Morgan fingerprint density at radius 3 is 1.87 bits per heavy atom. The molecule has 0 amide bonds. The monoisotopic (exact) mass is 303 g/mol. The first-order chi connectivity index (χ1) is 11.2. The Morgan fingerprint density at radius 1 is 0.826 bits per heavy atom. The van der Waals surface area contributed by atoms with Crippen LogP contribution in [0.4, 0.5) is 0 Å². The predicted molar refractivity (Wildman–Crippen MR) is 89.9 cm³/mol. The van der Waals surface area contributed by atoms with Crippen LogP contribution in [0, 0.1) is 0 Å². The molecule has 0 spiro atoms. The topological polar surface area (TPSA) is 49.9 Å². The van der Waals surface area contributed by atoms with Crippen LogP contribution in [0.25, 0.3) is 0 Å². The molecule has 0 aliphatic rings. The number of nitrogens with one attached hydrogen (secondary N) is 1. The van der Waals surface area contributed by atoms with E-state index in [4.69, 9.17) is 0 Å². The van der Waals surface area contributed by atoms with Gasteiger partial charge in [0.15, 0.2) is 11.6 Å². The molecule has 1 aromatic heterocycles. The van der Waals surface area contributed by atoms with E-state index >= 15 is 0 Å². The standard InChI is InChI=1S/C20H17NO2/c1-2-17-18(20(23)15-11-7-4-8-12-15)16(13-21-17)19(22)14-9-5-3-6-10-14/h3-13,21H,2H2,1H3. The zero-order chi connectivity index (χ0) is 16.2. The maximum atomic E-state index is 12.9. The van der Waals surface area contributed by atoms with Crippen LogP contribution in [0.3, 0.4) is 0 Å². The lowest BCUT2D eigenvalue weighted by atomic mass is 9.94. The zero-order valence-electron chi connectivity index (χ0n) is 12.9. The van der Waals surface area contributed by atoms with Gasteiger partial charge in [-0.2, -0.15) is 0 Å². The minimum Gasteiger partial charge on any atom is -0.364 e. The molecular weight excluding hydrogens is 286 g/mol. The summed E-state index contributed by atoms with van der Waals surface area (Å²) in [6.45, 7) is 1.96. The number of H-pyrrole nitrogens is 1. The largest absolute Gasteiger partial charge is 0.364 e. The summed E-state index contributed by atoms with van der Waals surface area (Å²) in [5.74, 6) is -0.260. The molecule has 0 bridgehead atoms. The van der Waals surface area contributed by atoms with Gasteiger partial charge >= 0.3 is 0 Å². The van der Waals surface area contributed by atoms with Gasteiger partial charge in [0.25, 0.3) is 0 Å².